The van der Waals surface area contributed by atoms with Gasteiger partial charge in [-0.25, -0.2) is 0 Å². The molecule has 0 saturated carbocycles. The summed E-state index contributed by atoms with van der Waals surface area (Å²) in [5.74, 6) is 0.811. The molecular weight excluding hydrogens is 320 g/mol. The number of rotatable bonds is 6. The minimum absolute atomic E-state index is 0.684. The standard InChI is InChI=1S/C23H20N2O/c1-2-5-18(6-3-1)7-4-12-26-23-14-22(16-25-17-23)19-8-9-21-15-24-11-10-20(21)13-19/h1-3,5-6,8-11,13-17H,4,7,12H2. The Morgan fingerprint density at radius 1 is 0.731 bits per heavy atom. The van der Waals surface area contributed by atoms with Crippen molar-refractivity contribution in [3.8, 4) is 16.9 Å². The molecule has 2 heterocycles. The highest BCUT2D eigenvalue weighted by molar-refractivity contribution is 5.86. The molecule has 0 N–H and O–H groups in total. The van der Waals surface area contributed by atoms with Crippen LogP contribution in [-0.4, -0.2) is 16.6 Å². The van der Waals surface area contributed by atoms with Crippen molar-refractivity contribution in [3.63, 3.8) is 0 Å². The van der Waals surface area contributed by atoms with Crippen molar-refractivity contribution in [1.82, 2.24) is 9.97 Å². The second-order valence-electron chi connectivity index (χ2n) is 6.28. The first-order valence-corrected chi connectivity index (χ1v) is 8.84. The van der Waals surface area contributed by atoms with Crippen LogP contribution in [0, 0.1) is 0 Å². The van der Waals surface area contributed by atoms with Crippen molar-refractivity contribution in [2.75, 3.05) is 6.61 Å². The van der Waals surface area contributed by atoms with Gasteiger partial charge < -0.3 is 4.74 Å². The Kier molecular flexibility index (Phi) is 4.88. The maximum absolute atomic E-state index is 5.90. The van der Waals surface area contributed by atoms with E-state index in [1.165, 1.54) is 10.9 Å². The Morgan fingerprint density at radius 3 is 2.58 bits per heavy atom. The molecule has 0 spiro atoms. The van der Waals surface area contributed by atoms with E-state index in [-0.39, 0.29) is 0 Å². The third-order valence-electron chi connectivity index (χ3n) is 4.41. The number of hydrogen-bond acceptors (Lipinski definition) is 3. The maximum Gasteiger partial charge on any atom is 0.138 e. The van der Waals surface area contributed by atoms with Crippen molar-refractivity contribution in [2.24, 2.45) is 0 Å². The van der Waals surface area contributed by atoms with Gasteiger partial charge >= 0.3 is 0 Å². The van der Waals surface area contributed by atoms with Crippen LogP contribution in [0.3, 0.4) is 0 Å². The molecule has 2 aromatic heterocycles. The van der Waals surface area contributed by atoms with Gasteiger partial charge in [0.2, 0.25) is 0 Å². The lowest BCUT2D eigenvalue weighted by atomic mass is 10.0. The van der Waals surface area contributed by atoms with E-state index in [0.29, 0.717) is 6.61 Å². The SMILES string of the molecule is c1ccc(CCCOc2cncc(-c3ccc4cnccc4c3)c2)cc1. The van der Waals surface area contributed by atoms with Crippen LogP contribution < -0.4 is 4.74 Å². The predicted molar refractivity (Wildman–Crippen MR) is 105 cm³/mol. The molecule has 0 fully saturated rings. The Morgan fingerprint density at radius 2 is 1.65 bits per heavy atom. The number of fused-ring (bicyclic) bond motifs is 1. The normalized spacial score (nSPS) is 10.8. The highest BCUT2D eigenvalue weighted by Crippen LogP contribution is 2.26. The molecular formula is C23H20N2O. The summed E-state index contributed by atoms with van der Waals surface area (Å²) < 4.78 is 5.90. The van der Waals surface area contributed by atoms with Gasteiger partial charge in [0.1, 0.15) is 5.75 Å². The van der Waals surface area contributed by atoms with E-state index >= 15 is 0 Å². The number of pyridine rings is 2. The Labute approximate surface area is 153 Å². The number of aryl methyl sites for hydroxylation is 1. The predicted octanol–water partition coefficient (Wildman–Crippen LogP) is 5.31. The molecule has 26 heavy (non-hydrogen) atoms. The average Bonchev–Trinajstić information content (AvgIpc) is 2.72. The smallest absolute Gasteiger partial charge is 0.138 e. The summed E-state index contributed by atoms with van der Waals surface area (Å²) in [6.45, 7) is 0.684. The molecule has 0 atom stereocenters. The number of aromatic nitrogens is 2. The summed E-state index contributed by atoms with van der Waals surface area (Å²) in [7, 11) is 0. The van der Waals surface area contributed by atoms with E-state index < -0.39 is 0 Å². The van der Waals surface area contributed by atoms with Crippen LogP contribution in [0.1, 0.15) is 12.0 Å². The van der Waals surface area contributed by atoms with Crippen LogP contribution >= 0.6 is 0 Å². The fourth-order valence-corrected chi connectivity index (χ4v) is 3.03. The molecule has 0 bridgehead atoms. The Balaban J connectivity index is 1.42. The lowest BCUT2D eigenvalue weighted by molar-refractivity contribution is 0.310. The fourth-order valence-electron chi connectivity index (χ4n) is 3.03. The van der Waals surface area contributed by atoms with Gasteiger partial charge in [0.25, 0.3) is 0 Å². The van der Waals surface area contributed by atoms with E-state index in [9.17, 15) is 0 Å². The van der Waals surface area contributed by atoms with Crippen LogP contribution in [0.4, 0.5) is 0 Å². The third-order valence-corrected chi connectivity index (χ3v) is 4.41. The van der Waals surface area contributed by atoms with Gasteiger partial charge in [-0.2, -0.15) is 0 Å². The van der Waals surface area contributed by atoms with Crippen molar-refractivity contribution < 1.29 is 4.74 Å². The largest absolute Gasteiger partial charge is 0.492 e. The van der Waals surface area contributed by atoms with Gasteiger partial charge in [-0.05, 0) is 47.6 Å². The minimum Gasteiger partial charge on any atom is -0.492 e. The summed E-state index contributed by atoms with van der Waals surface area (Å²) in [4.78, 5) is 8.50. The van der Waals surface area contributed by atoms with Gasteiger partial charge in [-0.1, -0.05) is 42.5 Å². The first kappa shape index (κ1) is 16.3. The molecule has 0 radical (unpaired) electrons. The summed E-state index contributed by atoms with van der Waals surface area (Å²) in [6, 6.07) is 20.9. The highest BCUT2D eigenvalue weighted by atomic mass is 16.5. The number of hydrogen-bond donors (Lipinski definition) is 0. The molecule has 0 aliphatic rings. The summed E-state index contributed by atoms with van der Waals surface area (Å²) in [5.41, 5.74) is 3.53. The van der Waals surface area contributed by atoms with E-state index in [1.807, 2.05) is 30.7 Å². The molecule has 128 valence electrons. The molecule has 0 aliphatic carbocycles. The van der Waals surface area contributed by atoms with Crippen LogP contribution in [-0.2, 0) is 6.42 Å². The zero-order valence-corrected chi connectivity index (χ0v) is 14.5. The highest BCUT2D eigenvalue weighted by Gasteiger charge is 2.03. The molecule has 0 unspecified atom stereocenters. The molecule has 3 heteroatoms. The third kappa shape index (κ3) is 3.89. The Bertz CT molecular complexity index is 999. The topological polar surface area (TPSA) is 35.0 Å². The van der Waals surface area contributed by atoms with Crippen LogP contribution in [0.15, 0.2) is 85.5 Å². The first-order valence-electron chi connectivity index (χ1n) is 8.84. The average molecular weight is 340 g/mol. The summed E-state index contributed by atoms with van der Waals surface area (Å²) in [5, 5.41) is 2.31. The molecule has 0 aliphatic heterocycles. The summed E-state index contributed by atoms with van der Waals surface area (Å²) in [6.07, 6.45) is 9.35. The summed E-state index contributed by atoms with van der Waals surface area (Å²) >= 11 is 0. The number of nitrogens with zero attached hydrogens (tertiary/aromatic N) is 2. The Hall–Kier alpha value is -3.20. The van der Waals surface area contributed by atoms with E-state index in [0.717, 1.165) is 35.1 Å². The van der Waals surface area contributed by atoms with Gasteiger partial charge in [-0.3, -0.25) is 9.97 Å². The van der Waals surface area contributed by atoms with Crippen molar-refractivity contribution >= 4 is 10.8 Å². The molecule has 0 amide bonds. The zero-order chi connectivity index (χ0) is 17.6. The minimum atomic E-state index is 0.684. The van der Waals surface area contributed by atoms with E-state index in [1.54, 1.807) is 6.20 Å². The van der Waals surface area contributed by atoms with Gasteiger partial charge in [-0.15, -0.1) is 0 Å². The molecule has 3 nitrogen and oxygen atoms in total. The van der Waals surface area contributed by atoms with Gasteiger partial charge in [0, 0.05) is 29.5 Å². The molecule has 2 aromatic carbocycles. The number of benzene rings is 2. The zero-order valence-electron chi connectivity index (χ0n) is 14.5. The number of ether oxygens (including phenoxy) is 1. The second-order valence-corrected chi connectivity index (χ2v) is 6.28. The van der Waals surface area contributed by atoms with Crippen LogP contribution in [0.25, 0.3) is 21.9 Å². The first-order chi connectivity index (χ1) is 12.9. The van der Waals surface area contributed by atoms with Crippen LogP contribution in [0.2, 0.25) is 0 Å². The quantitative estimate of drug-likeness (QED) is 0.446. The van der Waals surface area contributed by atoms with Gasteiger partial charge in [0.05, 0.1) is 12.8 Å². The van der Waals surface area contributed by atoms with Crippen molar-refractivity contribution in [3.05, 3.63) is 91.0 Å². The maximum atomic E-state index is 5.90. The molecule has 4 rings (SSSR count). The molecule has 0 saturated heterocycles. The van der Waals surface area contributed by atoms with E-state index in [2.05, 4.69) is 58.5 Å². The van der Waals surface area contributed by atoms with E-state index in [4.69, 9.17) is 4.74 Å². The molecule has 4 aromatic rings. The van der Waals surface area contributed by atoms with Crippen molar-refractivity contribution in [2.45, 2.75) is 12.8 Å². The van der Waals surface area contributed by atoms with Crippen LogP contribution in [0.5, 0.6) is 5.75 Å². The lowest BCUT2D eigenvalue weighted by Crippen LogP contribution is -2.00. The lowest BCUT2D eigenvalue weighted by Gasteiger charge is -2.08. The van der Waals surface area contributed by atoms with Crippen molar-refractivity contribution in [1.29, 1.82) is 0 Å². The monoisotopic (exact) mass is 340 g/mol. The van der Waals surface area contributed by atoms with Gasteiger partial charge in [0.15, 0.2) is 0 Å². The second kappa shape index (κ2) is 7.79. The fraction of sp³-hybridized carbons (Fsp3) is 0.130.